The van der Waals surface area contributed by atoms with Gasteiger partial charge in [0.05, 0.1) is 12.3 Å². The number of hydrogen-bond acceptors (Lipinski definition) is 6. The van der Waals surface area contributed by atoms with Crippen molar-refractivity contribution < 1.29 is 23.5 Å². The number of hydrogen-bond donors (Lipinski definition) is 1. The number of amides is 1. The van der Waals surface area contributed by atoms with Gasteiger partial charge in [-0.3, -0.25) is 9.48 Å². The molecule has 0 aliphatic rings. The van der Waals surface area contributed by atoms with Crippen LogP contribution in [0, 0.1) is 6.92 Å². The minimum absolute atomic E-state index is 0.0391. The molecule has 1 amide bonds. The Bertz CT molecular complexity index is 957. The van der Waals surface area contributed by atoms with Crippen molar-refractivity contribution in [2.45, 2.75) is 13.5 Å². The molecule has 0 fully saturated rings. The fourth-order valence-corrected chi connectivity index (χ4v) is 2.65. The maximum atomic E-state index is 12.4. The quantitative estimate of drug-likeness (QED) is 0.681. The third kappa shape index (κ3) is 3.60. The third-order valence-electron chi connectivity index (χ3n) is 3.78. The molecule has 3 rings (SSSR count). The lowest BCUT2D eigenvalue weighted by molar-refractivity contribution is -0.119. The molecule has 0 aliphatic carbocycles. The molecule has 1 N–H and O–H groups in total. The van der Waals surface area contributed by atoms with E-state index >= 15 is 0 Å². The zero-order valence-corrected chi connectivity index (χ0v) is 14.7. The average Bonchev–Trinajstić information content (AvgIpc) is 3.13. The van der Waals surface area contributed by atoms with E-state index in [1.807, 2.05) is 19.1 Å². The van der Waals surface area contributed by atoms with E-state index in [0.29, 0.717) is 17.0 Å². The Labute approximate surface area is 149 Å². The number of aryl methyl sites for hydroxylation is 2. The van der Waals surface area contributed by atoms with Crippen LogP contribution in [0.3, 0.4) is 0 Å². The number of para-hydroxylation sites is 1. The van der Waals surface area contributed by atoms with Gasteiger partial charge in [-0.1, -0.05) is 18.2 Å². The predicted octanol–water partition coefficient (Wildman–Crippen LogP) is 2.42. The molecule has 8 heteroatoms. The number of nitrogens with zero attached hydrogens (tertiary/aromatic N) is 2. The van der Waals surface area contributed by atoms with Gasteiger partial charge in [-0.2, -0.15) is 5.10 Å². The highest BCUT2D eigenvalue weighted by atomic mass is 16.5. The van der Waals surface area contributed by atoms with Gasteiger partial charge in [0.1, 0.15) is 11.4 Å². The van der Waals surface area contributed by atoms with Gasteiger partial charge in [0.2, 0.25) is 5.76 Å². The molecule has 3 aromatic rings. The summed E-state index contributed by atoms with van der Waals surface area (Å²) < 4.78 is 17.4. The molecule has 136 valence electrons. The summed E-state index contributed by atoms with van der Waals surface area (Å²) in [5, 5.41) is 7.54. The lowest BCUT2D eigenvalue weighted by Crippen LogP contribution is -2.22. The Kier molecular flexibility index (Phi) is 5.04. The highest BCUT2D eigenvalue weighted by Crippen LogP contribution is 2.27. The second-order valence-corrected chi connectivity index (χ2v) is 5.76. The Morgan fingerprint density at radius 3 is 2.77 bits per heavy atom. The van der Waals surface area contributed by atoms with Gasteiger partial charge in [-0.05, 0) is 13.0 Å². The molecule has 0 saturated heterocycles. The van der Waals surface area contributed by atoms with E-state index in [1.165, 1.54) is 11.8 Å². The van der Waals surface area contributed by atoms with Crippen molar-refractivity contribution in [3.05, 3.63) is 47.3 Å². The highest BCUT2D eigenvalue weighted by Gasteiger charge is 2.22. The number of esters is 1. The Hall–Kier alpha value is -3.13. The fraction of sp³-hybridized carbons (Fsp3) is 0.278. The van der Waals surface area contributed by atoms with Crippen LogP contribution in [0.2, 0.25) is 0 Å². The van der Waals surface area contributed by atoms with Gasteiger partial charge < -0.3 is 19.2 Å². The Morgan fingerprint density at radius 1 is 1.31 bits per heavy atom. The topological polar surface area (TPSA) is 95.6 Å². The van der Waals surface area contributed by atoms with E-state index in [1.54, 1.807) is 25.2 Å². The van der Waals surface area contributed by atoms with Crippen molar-refractivity contribution in [2.24, 2.45) is 7.05 Å². The monoisotopic (exact) mass is 357 g/mol. The van der Waals surface area contributed by atoms with Crippen molar-refractivity contribution in [2.75, 3.05) is 19.0 Å². The second-order valence-electron chi connectivity index (χ2n) is 5.76. The van der Waals surface area contributed by atoms with E-state index < -0.39 is 18.5 Å². The summed E-state index contributed by atoms with van der Waals surface area (Å²) in [6.45, 7) is 1.57. The van der Waals surface area contributed by atoms with Crippen molar-refractivity contribution in [1.29, 1.82) is 0 Å². The minimum Gasteiger partial charge on any atom is -0.450 e. The van der Waals surface area contributed by atoms with Gasteiger partial charge in [-0.15, -0.1) is 0 Å². The number of furan rings is 1. The molecular weight excluding hydrogens is 338 g/mol. The van der Waals surface area contributed by atoms with Gasteiger partial charge >= 0.3 is 5.97 Å². The summed E-state index contributed by atoms with van der Waals surface area (Å²) in [5.74, 6) is -0.625. The summed E-state index contributed by atoms with van der Waals surface area (Å²) in [6.07, 6.45) is 0. The molecule has 0 spiro atoms. The zero-order chi connectivity index (χ0) is 18.7. The standard InChI is InChI=1S/C18H19N3O5/c1-11-8-15(21(2)20-11)19-16(22)10-25-18(23)17-13(9-24-3)12-6-4-5-7-14(12)26-17/h4-8H,9-10H2,1-3H3,(H,19,22). The van der Waals surface area contributed by atoms with Gasteiger partial charge in [0, 0.05) is 31.2 Å². The Balaban J connectivity index is 1.70. The fourth-order valence-electron chi connectivity index (χ4n) is 2.65. The van der Waals surface area contributed by atoms with Crippen LogP contribution in [0.5, 0.6) is 0 Å². The largest absolute Gasteiger partial charge is 0.450 e. The summed E-state index contributed by atoms with van der Waals surface area (Å²) >= 11 is 0. The van der Waals surface area contributed by atoms with Crippen LogP contribution in [0.25, 0.3) is 11.0 Å². The number of ether oxygens (including phenoxy) is 2. The Morgan fingerprint density at radius 2 is 2.08 bits per heavy atom. The van der Waals surface area contributed by atoms with E-state index in [9.17, 15) is 9.59 Å². The third-order valence-corrected chi connectivity index (χ3v) is 3.78. The molecule has 0 unspecified atom stereocenters. The number of carbonyl (C=O) groups is 2. The number of rotatable bonds is 6. The first kappa shape index (κ1) is 17.7. The van der Waals surface area contributed by atoms with Gasteiger partial charge in [0.15, 0.2) is 6.61 Å². The zero-order valence-electron chi connectivity index (χ0n) is 14.7. The normalized spacial score (nSPS) is 10.9. The number of anilines is 1. The number of benzene rings is 1. The summed E-state index contributed by atoms with van der Waals surface area (Å²) in [6, 6.07) is 8.95. The molecular formula is C18H19N3O5. The maximum absolute atomic E-state index is 12.4. The number of aromatic nitrogens is 2. The maximum Gasteiger partial charge on any atom is 0.375 e. The smallest absolute Gasteiger partial charge is 0.375 e. The van der Waals surface area contributed by atoms with Crippen molar-refractivity contribution in [3.63, 3.8) is 0 Å². The molecule has 1 aromatic carbocycles. The van der Waals surface area contributed by atoms with Crippen molar-refractivity contribution >= 4 is 28.7 Å². The summed E-state index contributed by atoms with van der Waals surface area (Å²) in [7, 11) is 3.24. The molecule has 0 saturated carbocycles. The molecule has 0 atom stereocenters. The van der Waals surface area contributed by atoms with Crippen molar-refractivity contribution in [1.82, 2.24) is 9.78 Å². The number of nitrogens with one attached hydrogen (secondary N) is 1. The first-order valence-corrected chi connectivity index (χ1v) is 7.96. The predicted molar refractivity (Wildman–Crippen MR) is 93.8 cm³/mol. The molecule has 0 radical (unpaired) electrons. The highest BCUT2D eigenvalue weighted by molar-refractivity contribution is 5.98. The van der Waals surface area contributed by atoms with E-state index in [4.69, 9.17) is 13.9 Å². The number of carbonyl (C=O) groups excluding carboxylic acids is 2. The minimum atomic E-state index is -0.718. The first-order valence-electron chi connectivity index (χ1n) is 7.96. The van der Waals surface area contributed by atoms with Crippen LogP contribution in [0.1, 0.15) is 21.8 Å². The van der Waals surface area contributed by atoms with E-state index in [0.717, 1.165) is 11.1 Å². The molecule has 8 nitrogen and oxygen atoms in total. The SMILES string of the molecule is COCc1c(C(=O)OCC(=O)Nc2cc(C)nn2C)oc2ccccc12. The lowest BCUT2D eigenvalue weighted by Gasteiger charge is -2.06. The summed E-state index contributed by atoms with van der Waals surface area (Å²) in [4.78, 5) is 24.4. The summed E-state index contributed by atoms with van der Waals surface area (Å²) in [5.41, 5.74) is 1.92. The van der Waals surface area contributed by atoms with Crippen LogP contribution in [-0.2, 0) is 27.9 Å². The van der Waals surface area contributed by atoms with Crippen LogP contribution in [0.15, 0.2) is 34.7 Å². The van der Waals surface area contributed by atoms with Crippen LogP contribution >= 0.6 is 0 Å². The van der Waals surface area contributed by atoms with Crippen molar-refractivity contribution in [3.8, 4) is 0 Å². The lowest BCUT2D eigenvalue weighted by atomic mass is 10.1. The van der Waals surface area contributed by atoms with E-state index in [-0.39, 0.29) is 12.4 Å². The van der Waals surface area contributed by atoms with Crippen LogP contribution < -0.4 is 5.32 Å². The first-order chi connectivity index (χ1) is 12.5. The van der Waals surface area contributed by atoms with Gasteiger partial charge in [-0.25, -0.2) is 4.79 Å². The molecule has 2 aromatic heterocycles. The molecule has 0 aliphatic heterocycles. The molecule has 0 bridgehead atoms. The van der Waals surface area contributed by atoms with Gasteiger partial charge in [0.25, 0.3) is 5.91 Å². The van der Waals surface area contributed by atoms with Crippen LogP contribution in [0.4, 0.5) is 5.82 Å². The second kappa shape index (κ2) is 7.40. The van der Waals surface area contributed by atoms with Crippen LogP contribution in [-0.4, -0.2) is 35.4 Å². The molecule has 2 heterocycles. The number of fused-ring (bicyclic) bond motifs is 1. The van der Waals surface area contributed by atoms with E-state index in [2.05, 4.69) is 10.4 Å². The average molecular weight is 357 g/mol. The molecule has 26 heavy (non-hydrogen) atoms. The number of methoxy groups -OCH3 is 1.